The summed E-state index contributed by atoms with van der Waals surface area (Å²) in [7, 11) is 1.76. The van der Waals surface area contributed by atoms with Crippen molar-refractivity contribution in [1.82, 2.24) is 9.80 Å². The van der Waals surface area contributed by atoms with Crippen LogP contribution in [0.2, 0.25) is 0 Å². The minimum absolute atomic E-state index is 0.185. The second-order valence-electron chi connectivity index (χ2n) is 4.74. The molecule has 122 valence electrons. The van der Waals surface area contributed by atoms with Crippen molar-refractivity contribution >= 4 is 11.9 Å². The van der Waals surface area contributed by atoms with Gasteiger partial charge in [-0.15, -0.1) is 6.58 Å². The van der Waals surface area contributed by atoms with Gasteiger partial charge in [-0.3, -0.25) is 14.5 Å². The Morgan fingerprint density at radius 3 is 2.29 bits per heavy atom. The van der Waals surface area contributed by atoms with Crippen LogP contribution < -0.4 is 0 Å². The topological polar surface area (TPSA) is 111 Å². The van der Waals surface area contributed by atoms with E-state index in [1.807, 2.05) is 0 Å². The van der Waals surface area contributed by atoms with Crippen LogP contribution in [0.25, 0.3) is 0 Å². The van der Waals surface area contributed by atoms with Gasteiger partial charge in [-0.1, -0.05) is 6.08 Å². The van der Waals surface area contributed by atoms with Gasteiger partial charge in [0.05, 0.1) is 32.4 Å². The Bertz CT molecular complexity index is 321. The van der Waals surface area contributed by atoms with E-state index < -0.39 is 18.0 Å². The zero-order valence-electron chi connectivity index (χ0n) is 12.3. The average Bonchev–Trinajstić information content (AvgIpc) is 2.35. The molecule has 0 heterocycles. The fraction of sp³-hybridized carbons (Fsp3) is 0.692. The van der Waals surface area contributed by atoms with E-state index in [1.165, 1.54) is 4.90 Å². The van der Waals surface area contributed by atoms with E-state index in [1.54, 1.807) is 18.0 Å². The lowest BCUT2D eigenvalue weighted by molar-refractivity contribution is -0.141. The summed E-state index contributed by atoms with van der Waals surface area (Å²) in [6.07, 6.45) is 0.925. The number of carboxylic acids is 2. The minimum atomic E-state index is -1.07. The summed E-state index contributed by atoms with van der Waals surface area (Å²) >= 11 is 0. The van der Waals surface area contributed by atoms with Crippen molar-refractivity contribution in [3.05, 3.63) is 12.7 Å². The standard InChI is InChI=1S/C13H24N2O6/c1-3-6-21-10-11(16)7-14(2)4-5-15(8-12(17)18)9-13(19)20/h3,11,16H,1,4-10H2,2H3,(H,17,18)(H,19,20). The second kappa shape index (κ2) is 11.2. The fourth-order valence-corrected chi connectivity index (χ4v) is 1.70. The molecule has 0 aromatic heterocycles. The minimum Gasteiger partial charge on any atom is -0.480 e. The third kappa shape index (κ3) is 12.0. The lowest BCUT2D eigenvalue weighted by atomic mass is 10.3. The Labute approximate surface area is 124 Å². The third-order valence-corrected chi connectivity index (χ3v) is 2.58. The first kappa shape index (κ1) is 19.5. The van der Waals surface area contributed by atoms with E-state index in [2.05, 4.69) is 6.58 Å². The van der Waals surface area contributed by atoms with E-state index in [0.717, 1.165) is 0 Å². The molecule has 0 radical (unpaired) electrons. The first-order valence-corrected chi connectivity index (χ1v) is 6.56. The van der Waals surface area contributed by atoms with Gasteiger partial charge in [-0.25, -0.2) is 0 Å². The van der Waals surface area contributed by atoms with Gasteiger partial charge in [0.2, 0.25) is 0 Å². The van der Waals surface area contributed by atoms with Gasteiger partial charge in [0.1, 0.15) is 0 Å². The number of carboxylic acid groups (broad SMARTS) is 2. The summed E-state index contributed by atoms with van der Waals surface area (Å²) in [5.74, 6) is -2.14. The summed E-state index contributed by atoms with van der Waals surface area (Å²) < 4.78 is 5.12. The Morgan fingerprint density at radius 1 is 1.24 bits per heavy atom. The van der Waals surface area contributed by atoms with Crippen LogP contribution in [0.3, 0.4) is 0 Å². The zero-order chi connectivity index (χ0) is 16.3. The predicted molar refractivity (Wildman–Crippen MR) is 76.2 cm³/mol. The fourth-order valence-electron chi connectivity index (χ4n) is 1.70. The number of carbonyl (C=O) groups is 2. The highest BCUT2D eigenvalue weighted by molar-refractivity contribution is 5.72. The van der Waals surface area contributed by atoms with Crippen LogP contribution in [-0.4, -0.2) is 96.1 Å². The monoisotopic (exact) mass is 304 g/mol. The Kier molecular flexibility index (Phi) is 10.4. The van der Waals surface area contributed by atoms with Crippen molar-refractivity contribution in [3.8, 4) is 0 Å². The molecular weight excluding hydrogens is 280 g/mol. The maximum absolute atomic E-state index is 10.6. The van der Waals surface area contributed by atoms with Gasteiger partial charge < -0.3 is 25.0 Å². The van der Waals surface area contributed by atoms with Crippen molar-refractivity contribution in [2.45, 2.75) is 6.10 Å². The largest absolute Gasteiger partial charge is 0.480 e. The molecule has 0 fully saturated rings. The number of ether oxygens (including phenoxy) is 1. The SMILES string of the molecule is C=CCOCC(O)CN(C)CCN(CC(=O)O)CC(=O)O. The number of nitrogens with zero attached hydrogens (tertiary/aromatic N) is 2. The highest BCUT2D eigenvalue weighted by Gasteiger charge is 2.15. The van der Waals surface area contributed by atoms with Crippen molar-refractivity contribution in [2.24, 2.45) is 0 Å². The second-order valence-corrected chi connectivity index (χ2v) is 4.74. The highest BCUT2D eigenvalue weighted by atomic mass is 16.5. The van der Waals surface area contributed by atoms with E-state index in [4.69, 9.17) is 14.9 Å². The number of aliphatic carboxylic acids is 2. The van der Waals surface area contributed by atoms with Gasteiger partial charge in [-0.05, 0) is 7.05 Å². The van der Waals surface area contributed by atoms with Crippen LogP contribution >= 0.6 is 0 Å². The van der Waals surface area contributed by atoms with Gasteiger partial charge >= 0.3 is 11.9 Å². The summed E-state index contributed by atoms with van der Waals surface area (Å²) in [6, 6.07) is 0. The maximum Gasteiger partial charge on any atom is 0.317 e. The predicted octanol–water partition coefficient (Wildman–Crippen LogP) is -1.05. The molecule has 0 spiro atoms. The first-order valence-electron chi connectivity index (χ1n) is 6.56. The molecule has 0 aliphatic heterocycles. The highest BCUT2D eigenvalue weighted by Crippen LogP contribution is 1.94. The number of likely N-dealkylation sites (N-methyl/N-ethyl adjacent to an activating group) is 1. The molecule has 0 saturated carbocycles. The number of aliphatic hydroxyl groups excluding tert-OH is 1. The summed E-state index contributed by atoms with van der Waals surface area (Å²) in [5, 5.41) is 27.1. The van der Waals surface area contributed by atoms with Crippen LogP contribution in [-0.2, 0) is 14.3 Å². The molecule has 21 heavy (non-hydrogen) atoms. The lowest BCUT2D eigenvalue weighted by Crippen LogP contribution is -2.41. The molecule has 1 atom stereocenters. The molecule has 0 amide bonds. The van der Waals surface area contributed by atoms with Crippen LogP contribution in [0.15, 0.2) is 12.7 Å². The van der Waals surface area contributed by atoms with Crippen LogP contribution in [0.1, 0.15) is 0 Å². The van der Waals surface area contributed by atoms with Crippen molar-refractivity contribution in [3.63, 3.8) is 0 Å². The van der Waals surface area contributed by atoms with Gasteiger partial charge in [0, 0.05) is 19.6 Å². The van der Waals surface area contributed by atoms with Crippen molar-refractivity contribution in [2.75, 3.05) is 53.0 Å². The molecule has 0 bridgehead atoms. The number of hydrogen-bond donors (Lipinski definition) is 3. The van der Waals surface area contributed by atoms with Crippen molar-refractivity contribution in [1.29, 1.82) is 0 Å². The summed E-state index contributed by atoms with van der Waals surface area (Å²) in [5.41, 5.74) is 0. The van der Waals surface area contributed by atoms with Crippen LogP contribution in [0.5, 0.6) is 0 Å². The van der Waals surface area contributed by atoms with E-state index in [0.29, 0.717) is 19.7 Å². The molecule has 8 heteroatoms. The lowest BCUT2D eigenvalue weighted by Gasteiger charge is -2.24. The Hall–Kier alpha value is -1.48. The quantitative estimate of drug-likeness (QED) is 0.292. The molecular formula is C13H24N2O6. The molecule has 0 saturated heterocycles. The number of aliphatic hydroxyl groups is 1. The molecule has 0 aliphatic rings. The van der Waals surface area contributed by atoms with Gasteiger partial charge in [0.15, 0.2) is 0 Å². The molecule has 1 unspecified atom stereocenters. The molecule has 8 nitrogen and oxygen atoms in total. The summed E-state index contributed by atoms with van der Waals surface area (Å²) in [6.45, 7) is 4.47. The van der Waals surface area contributed by atoms with Gasteiger partial charge in [-0.2, -0.15) is 0 Å². The number of rotatable bonds is 13. The molecule has 0 rings (SSSR count). The van der Waals surface area contributed by atoms with Crippen molar-refractivity contribution < 1.29 is 29.6 Å². The van der Waals surface area contributed by atoms with Gasteiger partial charge in [0.25, 0.3) is 0 Å². The third-order valence-electron chi connectivity index (χ3n) is 2.58. The van der Waals surface area contributed by atoms with E-state index in [9.17, 15) is 14.7 Å². The number of hydrogen-bond acceptors (Lipinski definition) is 6. The zero-order valence-corrected chi connectivity index (χ0v) is 12.3. The van der Waals surface area contributed by atoms with Crippen LogP contribution in [0, 0.1) is 0 Å². The van der Waals surface area contributed by atoms with E-state index in [-0.39, 0.29) is 26.2 Å². The molecule has 0 aliphatic carbocycles. The molecule has 3 N–H and O–H groups in total. The first-order chi connectivity index (χ1) is 9.85. The normalized spacial score (nSPS) is 12.6. The molecule has 0 aromatic carbocycles. The Morgan fingerprint density at radius 2 is 1.81 bits per heavy atom. The smallest absolute Gasteiger partial charge is 0.317 e. The average molecular weight is 304 g/mol. The van der Waals surface area contributed by atoms with Crippen LogP contribution in [0.4, 0.5) is 0 Å². The summed E-state index contributed by atoms with van der Waals surface area (Å²) in [4.78, 5) is 24.4. The molecule has 0 aromatic rings. The Balaban J connectivity index is 4.04. The van der Waals surface area contributed by atoms with E-state index >= 15 is 0 Å². The maximum atomic E-state index is 10.6.